The summed E-state index contributed by atoms with van der Waals surface area (Å²) in [6.45, 7) is 3.74. The van der Waals surface area contributed by atoms with Crippen LogP contribution in [0.25, 0.3) is 17.0 Å². The lowest BCUT2D eigenvalue weighted by atomic mass is 10.2. The molecule has 0 saturated carbocycles. The first kappa shape index (κ1) is 13.5. The summed E-state index contributed by atoms with van der Waals surface area (Å²) in [4.78, 5) is 0. The van der Waals surface area contributed by atoms with Crippen LogP contribution in [0.5, 0.6) is 0 Å². The molecule has 0 aliphatic rings. The van der Waals surface area contributed by atoms with Gasteiger partial charge in [-0.3, -0.25) is 0 Å². The Kier molecular flexibility index (Phi) is 3.22. The topological polar surface area (TPSA) is 43.1 Å². The fourth-order valence-corrected chi connectivity index (χ4v) is 2.51. The minimum Gasteiger partial charge on any atom is -0.206 e. The summed E-state index contributed by atoms with van der Waals surface area (Å²) in [5, 5.41) is 12.7. The molecule has 0 radical (unpaired) electrons. The van der Waals surface area contributed by atoms with Crippen molar-refractivity contribution >= 4 is 33.2 Å². The van der Waals surface area contributed by atoms with E-state index in [1.54, 1.807) is 12.1 Å². The van der Waals surface area contributed by atoms with Gasteiger partial charge >= 0.3 is 0 Å². The molecule has 2 heterocycles. The second-order valence-corrected chi connectivity index (χ2v) is 5.70. The monoisotopic (exact) mass is 354 g/mol. The van der Waals surface area contributed by atoms with Gasteiger partial charge < -0.3 is 0 Å². The van der Waals surface area contributed by atoms with E-state index in [9.17, 15) is 4.39 Å². The molecule has 7 heteroatoms. The number of hydrogen-bond acceptors (Lipinski definition) is 3. The lowest BCUT2D eigenvalue weighted by Crippen LogP contribution is -2.01. The Hall–Kier alpha value is -1.53. The zero-order valence-electron chi connectivity index (χ0n) is 10.7. The van der Waals surface area contributed by atoms with E-state index >= 15 is 0 Å². The minimum atomic E-state index is -0.390. The number of hydrogen-bond donors (Lipinski definition) is 0. The minimum absolute atomic E-state index is 0.318. The predicted octanol–water partition coefficient (Wildman–Crippen LogP) is 3.96. The molecule has 0 spiro atoms. The zero-order chi connectivity index (χ0) is 14.4. The maximum absolute atomic E-state index is 14.0. The van der Waals surface area contributed by atoms with Crippen LogP contribution in [0.2, 0.25) is 5.15 Å². The van der Waals surface area contributed by atoms with Crippen LogP contribution in [0.15, 0.2) is 22.7 Å². The summed E-state index contributed by atoms with van der Waals surface area (Å²) in [5.41, 5.74) is 2.60. The molecular formula is C13H9BrClFN4. The van der Waals surface area contributed by atoms with Crippen LogP contribution in [-0.4, -0.2) is 19.8 Å². The van der Waals surface area contributed by atoms with E-state index in [-0.39, 0.29) is 0 Å². The van der Waals surface area contributed by atoms with Crippen molar-refractivity contribution in [3.63, 3.8) is 0 Å². The van der Waals surface area contributed by atoms with Crippen molar-refractivity contribution in [3.8, 4) is 11.4 Å². The van der Waals surface area contributed by atoms with Gasteiger partial charge in [0, 0.05) is 10.0 Å². The molecule has 0 unspecified atom stereocenters. The predicted molar refractivity (Wildman–Crippen MR) is 78.4 cm³/mol. The van der Waals surface area contributed by atoms with Crippen molar-refractivity contribution in [1.82, 2.24) is 19.8 Å². The number of benzene rings is 1. The molecule has 0 aliphatic carbocycles. The zero-order valence-corrected chi connectivity index (χ0v) is 13.0. The fourth-order valence-electron chi connectivity index (χ4n) is 1.93. The van der Waals surface area contributed by atoms with E-state index in [1.165, 1.54) is 10.6 Å². The maximum Gasteiger partial charge on any atom is 0.188 e. The first-order valence-electron chi connectivity index (χ1n) is 5.82. The molecule has 0 fully saturated rings. The molecule has 0 aliphatic heterocycles. The number of aromatic nitrogens is 4. The Morgan fingerprint density at radius 3 is 2.70 bits per heavy atom. The molecule has 0 atom stereocenters. The van der Waals surface area contributed by atoms with Crippen LogP contribution in [0.3, 0.4) is 0 Å². The number of aryl methyl sites for hydroxylation is 1. The second-order valence-electron chi connectivity index (χ2n) is 4.42. The Bertz CT molecular complexity index is 831. The van der Waals surface area contributed by atoms with E-state index < -0.39 is 5.82 Å². The number of nitrogens with zero attached hydrogens (tertiary/aromatic N) is 4. The summed E-state index contributed by atoms with van der Waals surface area (Å²) in [6, 6.07) is 4.62. The molecule has 0 N–H and O–H groups in total. The highest BCUT2D eigenvalue weighted by Crippen LogP contribution is 2.27. The SMILES string of the molecule is Cc1c(Cl)nn2c(-c3cc(Br)ccc3F)nnc2c1C. The van der Waals surface area contributed by atoms with E-state index in [4.69, 9.17) is 11.6 Å². The van der Waals surface area contributed by atoms with Crippen molar-refractivity contribution in [2.75, 3.05) is 0 Å². The summed E-state index contributed by atoms with van der Waals surface area (Å²) < 4.78 is 16.2. The van der Waals surface area contributed by atoms with Gasteiger partial charge in [0.25, 0.3) is 0 Å². The van der Waals surface area contributed by atoms with Gasteiger partial charge in [-0.1, -0.05) is 27.5 Å². The quantitative estimate of drug-likeness (QED) is 0.663. The second kappa shape index (κ2) is 4.79. The van der Waals surface area contributed by atoms with Gasteiger partial charge in [0.15, 0.2) is 16.6 Å². The van der Waals surface area contributed by atoms with Crippen LogP contribution in [0.4, 0.5) is 4.39 Å². The van der Waals surface area contributed by atoms with E-state index in [0.717, 1.165) is 15.6 Å². The molecule has 3 rings (SSSR count). The lowest BCUT2D eigenvalue weighted by Gasteiger charge is -2.06. The molecule has 0 amide bonds. The van der Waals surface area contributed by atoms with Crippen LogP contribution < -0.4 is 0 Å². The summed E-state index contributed by atoms with van der Waals surface area (Å²) in [5.74, 6) is -0.0672. The normalized spacial score (nSPS) is 11.2. The van der Waals surface area contributed by atoms with E-state index in [2.05, 4.69) is 31.2 Å². The Balaban J connectivity index is 2.36. The molecule has 20 heavy (non-hydrogen) atoms. The molecule has 102 valence electrons. The molecule has 4 nitrogen and oxygen atoms in total. The van der Waals surface area contributed by atoms with Crippen LogP contribution in [-0.2, 0) is 0 Å². The largest absolute Gasteiger partial charge is 0.206 e. The first-order chi connectivity index (χ1) is 9.49. The third-order valence-corrected chi connectivity index (χ3v) is 4.06. The highest BCUT2D eigenvalue weighted by Gasteiger charge is 2.17. The van der Waals surface area contributed by atoms with E-state index in [0.29, 0.717) is 22.2 Å². The number of fused-ring (bicyclic) bond motifs is 1. The van der Waals surface area contributed by atoms with Crippen molar-refractivity contribution < 1.29 is 4.39 Å². The summed E-state index contributed by atoms with van der Waals surface area (Å²) >= 11 is 9.41. The van der Waals surface area contributed by atoms with Gasteiger partial charge in [0.2, 0.25) is 0 Å². The van der Waals surface area contributed by atoms with Crippen LogP contribution in [0, 0.1) is 19.7 Å². The van der Waals surface area contributed by atoms with Crippen molar-refractivity contribution in [3.05, 3.63) is 44.8 Å². The molecule has 0 bridgehead atoms. The summed E-state index contributed by atoms with van der Waals surface area (Å²) in [6.07, 6.45) is 0. The highest BCUT2D eigenvalue weighted by atomic mass is 79.9. The summed E-state index contributed by atoms with van der Waals surface area (Å²) in [7, 11) is 0. The fraction of sp³-hybridized carbons (Fsp3) is 0.154. The molecule has 3 aromatic rings. The first-order valence-corrected chi connectivity index (χ1v) is 6.99. The van der Waals surface area contributed by atoms with Crippen LogP contribution >= 0.6 is 27.5 Å². The van der Waals surface area contributed by atoms with Gasteiger partial charge in [-0.25, -0.2) is 4.39 Å². The molecular weight excluding hydrogens is 347 g/mol. The van der Waals surface area contributed by atoms with Crippen molar-refractivity contribution in [2.45, 2.75) is 13.8 Å². The number of rotatable bonds is 1. The Morgan fingerprint density at radius 2 is 1.95 bits per heavy atom. The average Bonchev–Trinajstić information content (AvgIpc) is 2.82. The lowest BCUT2D eigenvalue weighted by molar-refractivity contribution is 0.628. The molecule has 0 saturated heterocycles. The smallest absolute Gasteiger partial charge is 0.188 e. The number of halogens is 3. The average molecular weight is 356 g/mol. The standard InChI is InChI=1S/C13H9BrClFN4/c1-6-7(2)12-17-18-13(20(12)19-11(6)15)9-5-8(14)3-4-10(9)16/h3-5H,1-2H3. The molecule has 1 aromatic carbocycles. The van der Waals surface area contributed by atoms with Gasteiger partial charge in [-0.05, 0) is 37.6 Å². The van der Waals surface area contributed by atoms with Crippen molar-refractivity contribution in [2.24, 2.45) is 0 Å². The Morgan fingerprint density at radius 1 is 1.20 bits per heavy atom. The van der Waals surface area contributed by atoms with Gasteiger partial charge in [-0.2, -0.15) is 9.61 Å². The Labute approximate surface area is 127 Å². The van der Waals surface area contributed by atoms with E-state index in [1.807, 2.05) is 13.8 Å². The van der Waals surface area contributed by atoms with Gasteiger partial charge in [-0.15, -0.1) is 10.2 Å². The third-order valence-electron chi connectivity index (χ3n) is 3.21. The van der Waals surface area contributed by atoms with Crippen LogP contribution in [0.1, 0.15) is 11.1 Å². The van der Waals surface area contributed by atoms with Crippen molar-refractivity contribution in [1.29, 1.82) is 0 Å². The molecule has 2 aromatic heterocycles. The highest BCUT2D eigenvalue weighted by molar-refractivity contribution is 9.10. The van der Waals surface area contributed by atoms with Gasteiger partial charge in [0.1, 0.15) is 5.82 Å². The maximum atomic E-state index is 14.0. The van der Waals surface area contributed by atoms with Gasteiger partial charge in [0.05, 0.1) is 5.56 Å². The third kappa shape index (κ3) is 1.99.